The summed E-state index contributed by atoms with van der Waals surface area (Å²) in [5.74, 6) is -0.854. The highest BCUT2D eigenvalue weighted by atomic mass is 16.5. The third-order valence-electron chi connectivity index (χ3n) is 2.85. The first-order valence-corrected chi connectivity index (χ1v) is 5.13. The van der Waals surface area contributed by atoms with Gasteiger partial charge in [-0.2, -0.15) is 0 Å². The topological polar surface area (TPSA) is 58.6 Å². The number of hydrogen-bond acceptors (Lipinski definition) is 3. The van der Waals surface area contributed by atoms with E-state index in [1.807, 2.05) is 0 Å². The van der Waals surface area contributed by atoms with Crippen molar-refractivity contribution >= 4 is 5.97 Å². The Balaban J connectivity index is 2.20. The highest BCUT2D eigenvalue weighted by Gasteiger charge is 2.36. The molecule has 14 heavy (non-hydrogen) atoms. The number of carboxylic acids is 1. The third kappa shape index (κ3) is 2.96. The van der Waals surface area contributed by atoms with E-state index in [4.69, 9.17) is 9.84 Å². The molecule has 2 N–H and O–H groups in total. The quantitative estimate of drug-likeness (QED) is 0.669. The maximum atomic E-state index is 10.7. The number of ether oxygens (including phenoxy) is 1. The molecule has 1 aliphatic carbocycles. The van der Waals surface area contributed by atoms with Crippen LogP contribution < -0.4 is 5.32 Å². The molecule has 0 aliphatic heterocycles. The summed E-state index contributed by atoms with van der Waals surface area (Å²) in [6.45, 7) is 2.79. The van der Waals surface area contributed by atoms with Gasteiger partial charge in [0.1, 0.15) is 0 Å². The van der Waals surface area contributed by atoms with Crippen LogP contribution in [0.1, 0.15) is 26.2 Å². The van der Waals surface area contributed by atoms with Crippen molar-refractivity contribution in [2.75, 3.05) is 13.7 Å². The first-order valence-electron chi connectivity index (χ1n) is 5.13. The Kier molecular flexibility index (Phi) is 4.35. The van der Waals surface area contributed by atoms with Gasteiger partial charge in [-0.3, -0.25) is 4.79 Å². The third-order valence-corrected chi connectivity index (χ3v) is 2.85. The van der Waals surface area contributed by atoms with Crippen molar-refractivity contribution in [3.8, 4) is 0 Å². The molecule has 0 aromatic heterocycles. The zero-order chi connectivity index (χ0) is 10.6. The van der Waals surface area contributed by atoms with Gasteiger partial charge in [0.15, 0.2) is 0 Å². The SMILES string of the molecule is COCCC(C)NC1CCC1C(=O)O. The van der Waals surface area contributed by atoms with Crippen LogP contribution in [0.2, 0.25) is 0 Å². The van der Waals surface area contributed by atoms with Crippen LogP contribution in [0.4, 0.5) is 0 Å². The minimum Gasteiger partial charge on any atom is -0.481 e. The Morgan fingerprint density at radius 1 is 1.64 bits per heavy atom. The maximum absolute atomic E-state index is 10.7. The largest absolute Gasteiger partial charge is 0.481 e. The van der Waals surface area contributed by atoms with E-state index in [0.29, 0.717) is 6.04 Å². The zero-order valence-electron chi connectivity index (χ0n) is 8.82. The average molecular weight is 201 g/mol. The molecule has 1 fully saturated rings. The van der Waals surface area contributed by atoms with E-state index in [9.17, 15) is 4.79 Å². The smallest absolute Gasteiger partial charge is 0.308 e. The summed E-state index contributed by atoms with van der Waals surface area (Å²) in [6, 6.07) is 0.501. The fourth-order valence-corrected chi connectivity index (χ4v) is 1.74. The highest BCUT2D eigenvalue weighted by molar-refractivity contribution is 5.72. The van der Waals surface area contributed by atoms with Crippen LogP contribution in [0.3, 0.4) is 0 Å². The number of aliphatic carboxylic acids is 1. The lowest BCUT2D eigenvalue weighted by Gasteiger charge is -2.36. The fraction of sp³-hybridized carbons (Fsp3) is 0.900. The molecule has 1 rings (SSSR count). The second-order valence-corrected chi connectivity index (χ2v) is 3.98. The fourth-order valence-electron chi connectivity index (χ4n) is 1.74. The summed E-state index contributed by atoms with van der Waals surface area (Å²) in [5, 5.41) is 12.1. The van der Waals surface area contributed by atoms with Gasteiger partial charge >= 0.3 is 5.97 Å². The van der Waals surface area contributed by atoms with E-state index in [1.165, 1.54) is 0 Å². The monoisotopic (exact) mass is 201 g/mol. The van der Waals surface area contributed by atoms with E-state index in [0.717, 1.165) is 25.9 Å². The Bertz CT molecular complexity index is 196. The number of methoxy groups -OCH3 is 1. The molecule has 0 radical (unpaired) electrons. The van der Waals surface area contributed by atoms with Gasteiger partial charge in [0.2, 0.25) is 0 Å². The number of carboxylic acid groups (broad SMARTS) is 1. The Morgan fingerprint density at radius 2 is 2.36 bits per heavy atom. The van der Waals surface area contributed by atoms with Crippen molar-refractivity contribution in [2.45, 2.75) is 38.3 Å². The summed E-state index contributed by atoms with van der Waals surface area (Å²) >= 11 is 0. The molecule has 0 saturated heterocycles. The van der Waals surface area contributed by atoms with E-state index in [2.05, 4.69) is 12.2 Å². The second-order valence-electron chi connectivity index (χ2n) is 3.98. The summed E-state index contributed by atoms with van der Waals surface area (Å²) in [6.07, 6.45) is 2.72. The Morgan fingerprint density at radius 3 is 2.79 bits per heavy atom. The molecule has 3 unspecified atom stereocenters. The van der Waals surface area contributed by atoms with Gasteiger partial charge < -0.3 is 15.2 Å². The van der Waals surface area contributed by atoms with Gasteiger partial charge in [0, 0.05) is 25.8 Å². The van der Waals surface area contributed by atoms with Crippen LogP contribution in [0.25, 0.3) is 0 Å². The lowest BCUT2D eigenvalue weighted by molar-refractivity contribution is -0.146. The van der Waals surface area contributed by atoms with Gasteiger partial charge in [-0.05, 0) is 26.2 Å². The zero-order valence-corrected chi connectivity index (χ0v) is 8.82. The standard InChI is InChI=1S/C10H19NO3/c1-7(5-6-14-2)11-9-4-3-8(9)10(12)13/h7-9,11H,3-6H2,1-2H3,(H,12,13). The normalized spacial score (nSPS) is 28.1. The van der Waals surface area contributed by atoms with Crippen LogP contribution in [-0.2, 0) is 9.53 Å². The second kappa shape index (κ2) is 5.32. The van der Waals surface area contributed by atoms with Crippen LogP contribution in [-0.4, -0.2) is 36.9 Å². The molecule has 0 spiro atoms. The van der Waals surface area contributed by atoms with Gasteiger partial charge in [0.05, 0.1) is 5.92 Å². The molecule has 0 aromatic rings. The van der Waals surface area contributed by atoms with Crippen molar-refractivity contribution in [3.63, 3.8) is 0 Å². The minimum absolute atomic E-state index is 0.166. The maximum Gasteiger partial charge on any atom is 0.308 e. The molecule has 1 saturated carbocycles. The summed E-state index contributed by atoms with van der Waals surface area (Å²) in [4.78, 5) is 10.7. The van der Waals surface area contributed by atoms with Gasteiger partial charge in [-0.25, -0.2) is 0 Å². The van der Waals surface area contributed by atoms with E-state index < -0.39 is 5.97 Å². The molecule has 1 aliphatic rings. The lowest BCUT2D eigenvalue weighted by atomic mass is 9.79. The van der Waals surface area contributed by atoms with Gasteiger partial charge in [-0.15, -0.1) is 0 Å². The van der Waals surface area contributed by atoms with Crippen LogP contribution in [0.15, 0.2) is 0 Å². The van der Waals surface area contributed by atoms with Crippen LogP contribution in [0.5, 0.6) is 0 Å². The molecule has 0 bridgehead atoms. The minimum atomic E-state index is -0.673. The van der Waals surface area contributed by atoms with Crippen molar-refractivity contribution in [3.05, 3.63) is 0 Å². The number of nitrogens with one attached hydrogen (secondary N) is 1. The number of rotatable bonds is 6. The predicted molar refractivity (Wildman–Crippen MR) is 53.2 cm³/mol. The molecular formula is C10H19NO3. The first kappa shape index (κ1) is 11.5. The Labute approximate surface area is 84.6 Å². The van der Waals surface area contributed by atoms with Crippen molar-refractivity contribution in [2.24, 2.45) is 5.92 Å². The molecule has 82 valence electrons. The molecule has 3 atom stereocenters. The highest BCUT2D eigenvalue weighted by Crippen LogP contribution is 2.28. The van der Waals surface area contributed by atoms with Gasteiger partial charge in [0.25, 0.3) is 0 Å². The van der Waals surface area contributed by atoms with E-state index in [-0.39, 0.29) is 12.0 Å². The summed E-state index contributed by atoms with van der Waals surface area (Å²) in [5.41, 5.74) is 0. The number of carbonyl (C=O) groups is 1. The summed E-state index contributed by atoms with van der Waals surface area (Å²) < 4.78 is 4.96. The van der Waals surface area contributed by atoms with Crippen LogP contribution >= 0.6 is 0 Å². The number of hydrogen-bond donors (Lipinski definition) is 2. The van der Waals surface area contributed by atoms with Crippen LogP contribution in [0, 0.1) is 5.92 Å². The average Bonchev–Trinajstić information content (AvgIpc) is 2.08. The molecule has 4 heteroatoms. The Hall–Kier alpha value is -0.610. The van der Waals surface area contributed by atoms with Crippen molar-refractivity contribution < 1.29 is 14.6 Å². The lowest BCUT2D eigenvalue weighted by Crippen LogP contribution is -2.50. The first-order chi connectivity index (χ1) is 6.65. The summed E-state index contributed by atoms with van der Waals surface area (Å²) in [7, 11) is 1.68. The molecule has 0 heterocycles. The van der Waals surface area contributed by atoms with E-state index in [1.54, 1.807) is 7.11 Å². The van der Waals surface area contributed by atoms with Crippen molar-refractivity contribution in [1.29, 1.82) is 0 Å². The van der Waals surface area contributed by atoms with Crippen molar-refractivity contribution in [1.82, 2.24) is 5.32 Å². The van der Waals surface area contributed by atoms with E-state index >= 15 is 0 Å². The molecule has 0 amide bonds. The predicted octanol–water partition coefficient (Wildman–Crippen LogP) is 0.864. The van der Waals surface area contributed by atoms with Gasteiger partial charge in [-0.1, -0.05) is 0 Å². The molecular weight excluding hydrogens is 182 g/mol. The molecule has 4 nitrogen and oxygen atoms in total. The molecule has 0 aromatic carbocycles.